The second-order valence-electron chi connectivity index (χ2n) is 6.17. The predicted molar refractivity (Wildman–Crippen MR) is 90.4 cm³/mol. The second kappa shape index (κ2) is 7.44. The number of hydrogen-bond donors (Lipinski definition) is 0. The number of benzene rings is 1. The quantitative estimate of drug-likeness (QED) is 0.573. The van der Waals surface area contributed by atoms with E-state index in [4.69, 9.17) is 5.10 Å². The summed E-state index contributed by atoms with van der Waals surface area (Å²) >= 11 is 0. The highest BCUT2D eigenvalue weighted by molar-refractivity contribution is 5.58. The number of rotatable bonds is 8. The molecule has 0 aliphatic heterocycles. The van der Waals surface area contributed by atoms with Gasteiger partial charge in [0.2, 0.25) is 0 Å². The van der Waals surface area contributed by atoms with Gasteiger partial charge in [-0.3, -0.25) is 4.68 Å². The third-order valence-electron chi connectivity index (χ3n) is 4.54. The molecule has 1 atom stereocenters. The molecule has 0 amide bonds. The molecule has 1 aromatic carbocycles. The summed E-state index contributed by atoms with van der Waals surface area (Å²) in [7, 11) is 0. The maximum atomic E-state index is 4.84. The largest absolute Gasteiger partial charge is 0.266 e. The zero-order valence-corrected chi connectivity index (χ0v) is 13.7. The Hall–Kier alpha value is -1.57. The van der Waals surface area contributed by atoms with Gasteiger partial charge in [0.15, 0.2) is 0 Å². The first-order valence-electron chi connectivity index (χ1n) is 8.31. The zero-order chi connectivity index (χ0) is 15.1. The summed E-state index contributed by atoms with van der Waals surface area (Å²) in [5.74, 6) is 0. The molecule has 21 heavy (non-hydrogen) atoms. The molecule has 1 aromatic heterocycles. The van der Waals surface area contributed by atoms with Crippen molar-refractivity contribution in [2.75, 3.05) is 0 Å². The molecule has 0 fully saturated rings. The van der Waals surface area contributed by atoms with Gasteiger partial charge in [-0.25, -0.2) is 0 Å². The van der Waals surface area contributed by atoms with Crippen molar-refractivity contribution in [3.8, 4) is 11.3 Å². The average molecular weight is 284 g/mol. The molecule has 2 rings (SSSR count). The highest BCUT2D eigenvalue weighted by Gasteiger charge is 2.24. The predicted octanol–water partition coefficient (Wildman–Crippen LogP) is 5.65. The van der Waals surface area contributed by atoms with Gasteiger partial charge in [-0.1, -0.05) is 69.9 Å². The van der Waals surface area contributed by atoms with Crippen molar-refractivity contribution in [2.24, 2.45) is 0 Å². The summed E-state index contributed by atoms with van der Waals surface area (Å²) in [6, 6.07) is 12.6. The summed E-state index contributed by atoms with van der Waals surface area (Å²) < 4.78 is 2.18. The minimum Gasteiger partial charge on any atom is -0.266 e. The fourth-order valence-electron chi connectivity index (χ4n) is 2.77. The fourth-order valence-corrected chi connectivity index (χ4v) is 2.77. The standard InChI is InChI=1S/C19H28N2/c1-4-6-7-11-15-19(3,5-2)21-16-14-18(20-21)17-12-9-8-10-13-17/h8-10,12-14,16H,4-7,11,15H2,1-3H3. The van der Waals surface area contributed by atoms with Crippen molar-refractivity contribution in [3.63, 3.8) is 0 Å². The van der Waals surface area contributed by atoms with Crippen LogP contribution < -0.4 is 0 Å². The molecule has 0 N–H and O–H groups in total. The normalized spacial score (nSPS) is 14.0. The van der Waals surface area contributed by atoms with E-state index in [1.165, 1.54) is 37.7 Å². The lowest BCUT2D eigenvalue weighted by molar-refractivity contribution is 0.245. The topological polar surface area (TPSA) is 17.8 Å². The van der Waals surface area contributed by atoms with E-state index in [-0.39, 0.29) is 5.54 Å². The van der Waals surface area contributed by atoms with Crippen molar-refractivity contribution in [1.82, 2.24) is 9.78 Å². The third-order valence-corrected chi connectivity index (χ3v) is 4.54. The van der Waals surface area contributed by atoms with Crippen LogP contribution in [-0.2, 0) is 5.54 Å². The van der Waals surface area contributed by atoms with Crippen molar-refractivity contribution < 1.29 is 0 Å². The summed E-state index contributed by atoms with van der Waals surface area (Å²) in [5, 5.41) is 4.84. The molecule has 1 heterocycles. The van der Waals surface area contributed by atoms with Gasteiger partial charge in [0.25, 0.3) is 0 Å². The summed E-state index contributed by atoms with van der Waals surface area (Å²) in [6.07, 6.45) is 9.73. The van der Waals surface area contributed by atoms with Crippen molar-refractivity contribution >= 4 is 0 Å². The van der Waals surface area contributed by atoms with Crippen LogP contribution >= 0.6 is 0 Å². The van der Waals surface area contributed by atoms with Gasteiger partial charge in [-0.2, -0.15) is 5.10 Å². The molecule has 0 saturated heterocycles. The van der Waals surface area contributed by atoms with E-state index in [0.29, 0.717) is 0 Å². The van der Waals surface area contributed by atoms with Crippen LogP contribution in [-0.4, -0.2) is 9.78 Å². The van der Waals surface area contributed by atoms with E-state index in [0.717, 1.165) is 12.1 Å². The minimum absolute atomic E-state index is 0.140. The van der Waals surface area contributed by atoms with Gasteiger partial charge in [0, 0.05) is 11.8 Å². The highest BCUT2D eigenvalue weighted by Crippen LogP contribution is 2.28. The van der Waals surface area contributed by atoms with Gasteiger partial charge in [-0.15, -0.1) is 0 Å². The Labute approximate surface area is 129 Å². The number of hydrogen-bond acceptors (Lipinski definition) is 1. The second-order valence-corrected chi connectivity index (χ2v) is 6.17. The van der Waals surface area contributed by atoms with Gasteiger partial charge in [0.05, 0.1) is 11.2 Å². The van der Waals surface area contributed by atoms with Gasteiger partial charge in [-0.05, 0) is 25.8 Å². The molecule has 114 valence electrons. The Morgan fingerprint density at radius 1 is 1.00 bits per heavy atom. The Kier molecular flexibility index (Phi) is 5.60. The fraction of sp³-hybridized carbons (Fsp3) is 0.526. The number of unbranched alkanes of at least 4 members (excludes halogenated alkanes) is 3. The van der Waals surface area contributed by atoms with E-state index in [1.807, 2.05) is 6.07 Å². The number of aromatic nitrogens is 2. The lowest BCUT2D eigenvalue weighted by Crippen LogP contribution is -2.29. The number of nitrogens with zero attached hydrogens (tertiary/aromatic N) is 2. The molecule has 0 radical (unpaired) electrons. The van der Waals surface area contributed by atoms with Crippen molar-refractivity contribution in [1.29, 1.82) is 0 Å². The molecule has 0 bridgehead atoms. The first kappa shape index (κ1) is 15.8. The van der Waals surface area contributed by atoms with E-state index >= 15 is 0 Å². The molecule has 1 unspecified atom stereocenters. The van der Waals surface area contributed by atoms with Crippen molar-refractivity contribution in [2.45, 2.75) is 64.8 Å². The smallest absolute Gasteiger partial charge is 0.0923 e. The minimum atomic E-state index is 0.140. The molecule has 0 aliphatic carbocycles. The first-order valence-corrected chi connectivity index (χ1v) is 8.31. The van der Waals surface area contributed by atoms with Crippen LogP contribution in [0.2, 0.25) is 0 Å². The Balaban J connectivity index is 2.10. The van der Waals surface area contributed by atoms with Crippen LogP contribution in [0.1, 0.15) is 59.3 Å². The van der Waals surface area contributed by atoms with Crippen LogP contribution in [0.4, 0.5) is 0 Å². The molecule has 2 heteroatoms. The van der Waals surface area contributed by atoms with Crippen LogP contribution in [0.25, 0.3) is 11.3 Å². The van der Waals surface area contributed by atoms with Gasteiger partial charge < -0.3 is 0 Å². The van der Waals surface area contributed by atoms with E-state index in [2.05, 4.69) is 62.0 Å². The lowest BCUT2D eigenvalue weighted by Gasteiger charge is -2.29. The Morgan fingerprint density at radius 2 is 1.76 bits per heavy atom. The van der Waals surface area contributed by atoms with Crippen LogP contribution in [0.3, 0.4) is 0 Å². The molecule has 2 aromatic rings. The van der Waals surface area contributed by atoms with Gasteiger partial charge in [0.1, 0.15) is 0 Å². The van der Waals surface area contributed by atoms with E-state index in [9.17, 15) is 0 Å². The lowest BCUT2D eigenvalue weighted by atomic mass is 9.91. The van der Waals surface area contributed by atoms with Gasteiger partial charge >= 0.3 is 0 Å². The maximum Gasteiger partial charge on any atom is 0.0923 e. The summed E-state index contributed by atoms with van der Waals surface area (Å²) in [5.41, 5.74) is 2.41. The average Bonchev–Trinajstić information content (AvgIpc) is 3.03. The highest BCUT2D eigenvalue weighted by atomic mass is 15.3. The molecule has 2 nitrogen and oxygen atoms in total. The maximum absolute atomic E-state index is 4.84. The van der Waals surface area contributed by atoms with Crippen LogP contribution in [0, 0.1) is 0 Å². The monoisotopic (exact) mass is 284 g/mol. The molecule has 0 saturated carbocycles. The molecular weight excluding hydrogens is 256 g/mol. The van der Waals surface area contributed by atoms with Crippen molar-refractivity contribution in [3.05, 3.63) is 42.6 Å². The van der Waals surface area contributed by atoms with E-state index in [1.54, 1.807) is 0 Å². The first-order chi connectivity index (χ1) is 10.2. The van der Waals surface area contributed by atoms with E-state index < -0.39 is 0 Å². The third kappa shape index (κ3) is 3.96. The zero-order valence-electron chi connectivity index (χ0n) is 13.7. The Morgan fingerprint density at radius 3 is 2.43 bits per heavy atom. The molecule has 0 aliphatic rings. The van der Waals surface area contributed by atoms with Crippen LogP contribution in [0.5, 0.6) is 0 Å². The molecule has 0 spiro atoms. The SMILES string of the molecule is CCCCCCC(C)(CC)n1ccc(-c2ccccc2)n1. The molecular formula is C19H28N2. The Bertz CT molecular complexity index is 530. The van der Waals surface area contributed by atoms with Crippen LogP contribution in [0.15, 0.2) is 42.6 Å². The summed E-state index contributed by atoms with van der Waals surface area (Å²) in [4.78, 5) is 0. The summed E-state index contributed by atoms with van der Waals surface area (Å²) in [6.45, 7) is 6.86.